The van der Waals surface area contributed by atoms with E-state index in [-0.39, 0.29) is 0 Å². The maximum Gasteiger partial charge on any atom is 0.340 e. The van der Waals surface area contributed by atoms with Gasteiger partial charge in [0.25, 0.3) is 0 Å². The average molecular weight is 223 g/mol. The molecular weight excluding hydrogens is 206 g/mol. The monoisotopic (exact) mass is 223 g/mol. The first-order chi connectivity index (χ1) is 7.56. The molecule has 0 aliphatic carbocycles. The van der Waals surface area contributed by atoms with Gasteiger partial charge in [-0.15, -0.1) is 0 Å². The summed E-state index contributed by atoms with van der Waals surface area (Å²) in [4.78, 5) is 11.5. The molecule has 1 rings (SSSR count). The second-order valence-electron chi connectivity index (χ2n) is 3.65. The summed E-state index contributed by atoms with van der Waals surface area (Å²) in [6.45, 7) is 3.74. The molecule has 1 atom stereocenters. The SMILES string of the molecule is CCOC(=O)c1cccc(CC(C)O)c1N. The van der Waals surface area contributed by atoms with Crippen LogP contribution < -0.4 is 5.73 Å². The quantitative estimate of drug-likeness (QED) is 0.597. The smallest absolute Gasteiger partial charge is 0.340 e. The van der Waals surface area contributed by atoms with Crippen LogP contribution >= 0.6 is 0 Å². The van der Waals surface area contributed by atoms with Gasteiger partial charge in [0.15, 0.2) is 0 Å². The van der Waals surface area contributed by atoms with Crippen molar-refractivity contribution in [3.8, 4) is 0 Å². The van der Waals surface area contributed by atoms with Crippen molar-refractivity contribution in [3.05, 3.63) is 29.3 Å². The Balaban J connectivity index is 2.99. The zero-order valence-electron chi connectivity index (χ0n) is 9.56. The van der Waals surface area contributed by atoms with Crippen LogP contribution in [0.3, 0.4) is 0 Å². The molecule has 0 saturated heterocycles. The number of benzene rings is 1. The maximum atomic E-state index is 11.5. The molecule has 0 amide bonds. The summed E-state index contributed by atoms with van der Waals surface area (Å²) in [5.41, 5.74) is 7.37. The largest absolute Gasteiger partial charge is 0.462 e. The van der Waals surface area contributed by atoms with Crippen LogP contribution in [0, 0.1) is 0 Å². The van der Waals surface area contributed by atoms with Gasteiger partial charge in [-0.05, 0) is 25.5 Å². The molecule has 4 heteroatoms. The number of nitrogen functional groups attached to an aromatic ring is 1. The highest BCUT2D eigenvalue weighted by molar-refractivity contribution is 5.95. The van der Waals surface area contributed by atoms with Crippen molar-refractivity contribution in [1.29, 1.82) is 0 Å². The Morgan fingerprint density at radius 1 is 1.56 bits per heavy atom. The van der Waals surface area contributed by atoms with Crippen molar-refractivity contribution in [2.24, 2.45) is 0 Å². The van der Waals surface area contributed by atoms with Gasteiger partial charge in [0.05, 0.1) is 18.3 Å². The van der Waals surface area contributed by atoms with E-state index in [1.54, 1.807) is 32.0 Å². The third-order valence-corrected chi connectivity index (χ3v) is 2.21. The van der Waals surface area contributed by atoms with Gasteiger partial charge in [-0.2, -0.15) is 0 Å². The first kappa shape index (κ1) is 12.5. The summed E-state index contributed by atoms with van der Waals surface area (Å²) in [5, 5.41) is 9.29. The lowest BCUT2D eigenvalue weighted by atomic mass is 10.0. The van der Waals surface area contributed by atoms with Crippen LogP contribution in [-0.4, -0.2) is 23.8 Å². The summed E-state index contributed by atoms with van der Waals surface area (Å²) < 4.78 is 4.89. The van der Waals surface area contributed by atoms with E-state index in [0.29, 0.717) is 24.3 Å². The highest BCUT2D eigenvalue weighted by Crippen LogP contribution is 2.20. The van der Waals surface area contributed by atoms with Gasteiger partial charge in [-0.1, -0.05) is 12.1 Å². The van der Waals surface area contributed by atoms with Gasteiger partial charge in [0, 0.05) is 12.1 Å². The van der Waals surface area contributed by atoms with Gasteiger partial charge in [-0.3, -0.25) is 0 Å². The van der Waals surface area contributed by atoms with Crippen molar-refractivity contribution in [2.75, 3.05) is 12.3 Å². The Morgan fingerprint density at radius 2 is 2.25 bits per heavy atom. The fourth-order valence-corrected chi connectivity index (χ4v) is 1.50. The van der Waals surface area contributed by atoms with E-state index < -0.39 is 12.1 Å². The predicted octanol–water partition coefficient (Wildman–Crippen LogP) is 1.37. The van der Waals surface area contributed by atoms with Gasteiger partial charge in [0.2, 0.25) is 0 Å². The lowest BCUT2D eigenvalue weighted by molar-refractivity contribution is 0.0527. The lowest BCUT2D eigenvalue weighted by Gasteiger charge is -2.11. The molecule has 0 fully saturated rings. The Hall–Kier alpha value is -1.55. The number of carbonyl (C=O) groups is 1. The lowest BCUT2D eigenvalue weighted by Crippen LogP contribution is -2.12. The van der Waals surface area contributed by atoms with E-state index in [1.807, 2.05) is 0 Å². The summed E-state index contributed by atoms with van der Waals surface area (Å²) in [7, 11) is 0. The van der Waals surface area contributed by atoms with Crippen LogP contribution in [0.25, 0.3) is 0 Å². The number of hydrogen-bond donors (Lipinski definition) is 2. The minimum Gasteiger partial charge on any atom is -0.462 e. The first-order valence-electron chi connectivity index (χ1n) is 5.28. The van der Waals surface area contributed by atoms with E-state index in [4.69, 9.17) is 10.5 Å². The molecule has 1 unspecified atom stereocenters. The number of anilines is 1. The van der Waals surface area contributed by atoms with Gasteiger partial charge in [-0.25, -0.2) is 4.79 Å². The molecule has 0 aliphatic heterocycles. The number of nitrogens with two attached hydrogens (primary N) is 1. The van der Waals surface area contributed by atoms with E-state index in [1.165, 1.54) is 0 Å². The Morgan fingerprint density at radius 3 is 2.81 bits per heavy atom. The van der Waals surface area contributed by atoms with E-state index >= 15 is 0 Å². The molecule has 1 aromatic carbocycles. The summed E-state index contributed by atoms with van der Waals surface area (Å²) >= 11 is 0. The van der Waals surface area contributed by atoms with Crippen LogP contribution in [-0.2, 0) is 11.2 Å². The van der Waals surface area contributed by atoms with Gasteiger partial charge in [0.1, 0.15) is 0 Å². The van der Waals surface area contributed by atoms with Crippen LogP contribution in [0.5, 0.6) is 0 Å². The highest BCUT2D eigenvalue weighted by atomic mass is 16.5. The fraction of sp³-hybridized carbons (Fsp3) is 0.417. The zero-order valence-corrected chi connectivity index (χ0v) is 9.56. The number of aliphatic hydroxyl groups excluding tert-OH is 1. The number of carbonyl (C=O) groups excluding carboxylic acids is 1. The topological polar surface area (TPSA) is 72.5 Å². The summed E-state index contributed by atoms with van der Waals surface area (Å²) in [5.74, 6) is -0.424. The minimum absolute atomic E-state index is 0.318. The van der Waals surface area contributed by atoms with E-state index in [9.17, 15) is 9.90 Å². The second kappa shape index (κ2) is 5.51. The molecular formula is C12H17NO3. The van der Waals surface area contributed by atoms with Gasteiger partial charge < -0.3 is 15.6 Å². The zero-order chi connectivity index (χ0) is 12.1. The molecule has 0 heterocycles. The Bertz CT molecular complexity index is 375. The highest BCUT2D eigenvalue weighted by Gasteiger charge is 2.13. The van der Waals surface area contributed by atoms with Crippen molar-refractivity contribution < 1.29 is 14.6 Å². The molecule has 0 aromatic heterocycles. The molecule has 16 heavy (non-hydrogen) atoms. The van der Waals surface area contributed by atoms with Crippen LogP contribution in [0.1, 0.15) is 29.8 Å². The Labute approximate surface area is 95.0 Å². The van der Waals surface area contributed by atoms with Crippen molar-refractivity contribution >= 4 is 11.7 Å². The summed E-state index contributed by atoms with van der Waals surface area (Å²) in [6.07, 6.45) is -0.0567. The van der Waals surface area contributed by atoms with Gasteiger partial charge >= 0.3 is 5.97 Å². The van der Waals surface area contributed by atoms with Crippen molar-refractivity contribution in [1.82, 2.24) is 0 Å². The minimum atomic E-state index is -0.486. The number of esters is 1. The number of aliphatic hydroxyl groups is 1. The molecule has 4 nitrogen and oxygen atoms in total. The standard InChI is InChI=1S/C12H17NO3/c1-3-16-12(15)10-6-4-5-9(11(10)13)7-8(2)14/h4-6,8,14H,3,7,13H2,1-2H3. The molecule has 0 aliphatic rings. The predicted molar refractivity (Wildman–Crippen MR) is 62.2 cm³/mol. The third-order valence-electron chi connectivity index (χ3n) is 2.21. The maximum absolute atomic E-state index is 11.5. The summed E-state index contributed by atoms with van der Waals surface area (Å²) in [6, 6.07) is 5.16. The Kier molecular flexibility index (Phi) is 4.31. The third kappa shape index (κ3) is 2.97. The molecule has 0 spiro atoms. The number of para-hydroxylation sites is 1. The van der Waals surface area contributed by atoms with Crippen LogP contribution in [0.2, 0.25) is 0 Å². The first-order valence-corrected chi connectivity index (χ1v) is 5.28. The molecule has 1 aromatic rings. The number of rotatable bonds is 4. The fourth-order valence-electron chi connectivity index (χ4n) is 1.50. The number of hydrogen-bond acceptors (Lipinski definition) is 4. The van der Waals surface area contributed by atoms with Crippen LogP contribution in [0.4, 0.5) is 5.69 Å². The molecule has 0 bridgehead atoms. The normalized spacial score (nSPS) is 12.2. The van der Waals surface area contributed by atoms with E-state index in [0.717, 1.165) is 5.56 Å². The molecule has 0 saturated carbocycles. The van der Waals surface area contributed by atoms with E-state index in [2.05, 4.69) is 0 Å². The average Bonchev–Trinajstić information content (AvgIpc) is 2.21. The second-order valence-corrected chi connectivity index (χ2v) is 3.65. The van der Waals surface area contributed by atoms with Crippen molar-refractivity contribution in [2.45, 2.75) is 26.4 Å². The number of ether oxygens (including phenoxy) is 1. The van der Waals surface area contributed by atoms with Crippen LogP contribution in [0.15, 0.2) is 18.2 Å². The molecule has 3 N–H and O–H groups in total. The molecule has 0 radical (unpaired) electrons. The van der Waals surface area contributed by atoms with Crippen molar-refractivity contribution in [3.63, 3.8) is 0 Å². The molecule has 88 valence electrons.